The number of hydrogen-bond donors (Lipinski definition) is 0. The SMILES string of the molecule is CC/C=C/C=C/C=C/CCCCCCCCCC(=O)OCC(COCCC(C(=O)[O-])[N+](C)(C)C)OC(=O)CCCCCCCCCCCCCCCCCCCCCCC. The van der Waals surface area contributed by atoms with Crippen LogP contribution in [0.3, 0.4) is 0 Å². The van der Waals surface area contributed by atoms with Gasteiger partial charge in [-0.25, -0.2) is 0 Å². The molecule has 0 aromatic carbocycles. The first-order valence-electron chi connectivity index (χ1n) is 25.0. The lowest BCUT2D eigenvalue weighted by atomic mass is 10.0. The van der Waals surface area contributed by atoms with Gasteiger partial charge in [0.25, 0.3) is 0 Å². The molecule has 350 valence electrons. The van der Waals surface area contributed by atoms with Gasteiger partial charge in [-0.05, 0) is 32.1 Å². The molecule has 60 heavy (non-hydrogen) atoms. The molecule has 2 unspecified atom stereocenters. The molecule has 0 aliphatic carbocycles. The Morgan fingerprint density at radius 2 is 0.933 bits per heavy atom. The van der Waals surface area contributed by atoms with E-state index in [9.17, 15) is 19.5 Å². The number of unbranched alkanes of at least 4 members (excludes halogenated alkanes) is 27. The topological polar surface area (TPSA) is 102 Å². The second kappa shape index (κ2) is 43.2. The summed E-state index contributed by atoms with van der Waals surface area (Å²) in [4.78, 5) is 37.0. The standard InChI is InChI=1S/C52H95NO7/c1-6-8-10-12-14-16-18-20-22-23-24-25-26-27-29-31-33-35-37-39-41-43-51(55)60-48(46-58-45-44-49(52(56)57)53(3,4)5)47-59-50(54)42-40-38-36-34-32-30-28-21-19-17-15-13-11-9-7-2/h9,11,13,15,17,19,48-49H,6-8,10,12,14,16,18,20-47H2,1-5H3/b11-9+,15-13+,19-17+. The highest BCUT2D eigenvalue weighted by atomic mass is 16.6. The summed E-state index contributed by atoms with van der Waals surface area (Å²) >= 11 is 0. The van der Waals surface area contributed by atoms with Gasteiger partial charge in [-0.3, -0.25) is 9.59 Å². The summed E-state index contributed by atoms with van der Waals surface area (Å²) in [6.45, 7) is 4.55. The number of hydrogen-bond acceptors (Lipinski definition) is 7. The molecule has 2 atom stereocenters. The van der Waals surface area contributed by atoms with Crippen LogP contribution < -0.4 is 5.11 Å². The number of esters is 2. The molecule has 0 saturated heterocycles. The first-order chi connectivity index (χ1) is 29.1. The summed E-state index contributed by atoms with van der Waals surface area (Å²) in [6, 6.07) is -0.726. The zero-order chi connectivity index (χ0) is 44.2. The fraction of sp³-hybridized carbons (Fsp3) is 0.827. The number of allylic oxidation sites excluding steroid dienone is 6. The van der Waals surface area contributed by atoms with E-state index in [4.69, 9.17) is 14.2 Å². The number of likely N-dealkylation sites (N-methyl/N-ethyl adjacent to an activating group) is 1. The van der Waals surface area contributed by atoms with E-state index in [1.54, 1.807) is 21.1 Å². The van der Waals surface area contributed by atoms with Crippen molar-refractivity contribution in [3.8, 4) is 0 Å². The first-order valence-corrected chi connectivity index (χ1v) is 25.0. The van der Waals surface area contributed by atoms with Crippen molar-refractivity contribution in [2.45, 2.75) is 238 Å². The summed E-state index contributed by atoms with van der Waals surface area (Å²) in [5, 5.41) is 11.6. The van der Waals surface area contributed by atoms with Gasteiger partial charge < -0.3 is 28.6 Å². The molecule has 0 aromatic heterocycles. The molecule has 0 aliphatic rings. The summed E-state index contributed by atoms with van der Waals surface area (Å²) < 4.78 is 17.2. The highest BCUT2D eigenvalue weighted by Gasteiger charge is 2.25. The molecule has 0 amide bonds. The number of carbonyl (C=O) groups excluding carboxylic acids is 3. The van der Waals surface area contributed by atoms with E-state index in [0.29, 0.717) is 12.8 Å². The van der Waals surface area contributed by atoms with Gasteiger partial charge in [0.05, 0.1) is 40.3 Å². The van der Waals surface area contributed by atoms with Crippen LogP contribution in [0.15, 0.2) is 36.5 Å². The van der Waals surface area contributed by atoms with Crippen LogP contribution in [0, 0.1) is 0 Å². The Morgan fingerprint density at radius 3 is 1.37 bits per heavy atom. The lowest BCUT2D eigenvalue weighted by Crippen LogP contribution is -2.55. The molecule has 0 bridgehead atoms. The zero-order valence-corrected chi connectivity index (χ0v) is 39.9. The smallest absolute Gasteiger partial charge is 0.306 e. The molecule has 0 N–H and O–H groups in total. The Labute approximate surface area is 370 Å². The average Bonchev–Trinajstić information content (AvgIpc) is 3.21. The maximum Gasteiger partial charge on any atom is 0.306 e. The summed E-state index contributed by atoms with van der Waals surface area (Å²) in [6.07, 6.45) is 50.3. The molecule has 0 spiro atoms. The van der Waals surface area contributed by atoms with Crippen LogP contribution in [-0.4, -0.2) is 75.5 Å². The molecule has 0 aromatic rings. The first kappa shape index (κ1) is 57.5. The molecule has 0 rings (SSSR count). The lowest BCUT2D eigenvalue weighted by Gasteiger charge is -2.34. The highest BCUT2D eigenvalue weighted by Crippen LogP contribution is 2.16. The maximum absolute atomic E-state index is 12.8. The second-order valence-corrected chi connectivity index (χ2v) is 18.1. The Morgan fingerprint density at radius 1 is 0.517 bits per heavy atom. The van der Waals surface area contributed by atoms with Crippen LogP contribution in [0.5, 0.6) is 0 Å². The predicted octanol–water partition coefficient (Wildman–Crippen LogP) is 12.9. The fourth-order valence-electron chi connectivity index (χ4n) is 7.48. The van der Waals surface area contributed by atoms with Crippen LogP contribution in [0.1, 0.15) is 226 Å². The number of aliphatic carboxylic acids is 1. The van der Waals surface area contributed by atoms with Crippen molar-refractivity contribution >= 4 is 17.9 Å². The zero-order valence-electron chi connectivity index (χ0n) is 39.9. The number of ether oxygens (including phenoxy) is 3. The average molecular weight is 846 g/mol. The quantitative estimate of drug-likeness (QED) is 0.0260. The minimum absolute atomic E-state index is 0.0397. The Bertz CT molecular complexity index is 1080. The van der Waals surface area contributed by atoms with Gasteiger partial charge in [-0.2, -0.15) is 0 Å². The molecule has 8 heteroatoms. The van der Waals surface area contributed by atoms with Crippen molar-refractivity contribution in [1.82, 2.24) is 0 Å². The Hall–Kier alpha value is -2.45. The van der Waals surface area contributed by atoms with E-state index in [2.05, 4.69) is 50.3 Å². The number of rotatable bonds is 45. The third-order valence-electron chi connectivity index (χ3n) is 11.4. The van der Waals surface area contributed by atoms with E-state index in [0.717, 1.165) is 51.4 Å². The van der Waals surface area contributed by atoms with Crippen LogP contribution in [0.4, 0.5) is 0 Å². The highest BCUT2D eigenvalue weighted by molar-refractivity contribution is 5.70. The van der Waals surface area contributed by atoms with Crippen LogP contribution in [0.2, 0.25) is 0 Å². The van der Waals surface area contributed by atoms with E-state index >= 15 is 0 Å². The number of nitrogens with zero attached hydrogens (tertiary/aromatic N) is 1. The molecule has 0 heterocycles. The molecule has 0 aliphatic heterocycles. The van der Waals surface area contributed by atoms with E-state index in [-0.39, 0.29) is 42.7 Å². The lowest BCUT2D eigenvalue weighted by molar-refractivity contribution is -0.889. The Kier molecular flexibility index (Phi) is 41.4. The van der Waals surface area contributed by atoms with E-state index in [1.807, 2.05) is 0 Å². The van der Waals surface area contributed by atoms with Gasteiger partial charge in [0.15, 0.2) is 6.10 Å². The third-order valence-corrected chi connectivity index (χ3v) is 11.4. The normalized spacial score (nSPS) is 13.2. The van der Waals surface area contributed by atoms with E-state index in [1.165, 1.54) is 141 Å². The van der Waals surface area contributed by atoms with Crippen molar-refractivity contribution in [3.05, 3.63) is 36.5 Å². The minimum atomic E-state index is -1.12. The number of carboxylic acids is 1. The largest absolute Gasteiger partial charge is 0.544 e. The van der Waals surface area contributed by atoms with Crippen LogP contribution in [-0.2, 0) is 28.6 Å². The monoisotopic (exact) mass is 846 g/mol. The summed E-state index contributed by atoms with van der Waals surface area (Å²) in [5.74, 6) is -1.74. The molecule has 8 nitrogen and oxygen atoms in total. The minimum Gasteiger partial charge on any atom is -0.544 e. The summed E-state index contributed by atoms with van der Waals surface area (Å²) in [7, 11) is 5.41. The van der Waals surface area contributed by atoms with Crippen molar-refractivity contribution in [2.24, 2.45) is 0 Å². The molecular weight excluding hydrogens is 751 g/mol. The van der Waals surface area contributed by atoms with Crippen molar-refractivity contribution < 1.29 is 38.2 Å². The van der Waals surface area contributed by atoms with E-state index < -0.39 is 18.1 Å². The maximum atomic E-state index is 12.8. The van der Waals surface area contributed by atoms with Crippen molar-refractivity contribution in [2.75, 3.05) is 41.0 Å². The third kappa shape index (κ3) is 40.9. The molecule has 0 fully saturated rings. The van der Waals surface area contributed by atoms with Gasteiger partial charge >= 0.3 is 11.9 Å². The van der Waals surface area contributed by atoms with Crippen LogP contribution >= 0.6 is 0 Å². The number of carboxylic acid groups (broad SMARTS) is 1. The summed E-state index contributed by atoms with van der Waals surface area (Å²) in [5.41, 5.74) is 0. The van der Waals surface area contributed by atoms with Crippen molar-refractivity contribution in [3.63, 3.8) is 0 Å². The van der Waals surface area contributed by atoms with Gasteiger partial charge in [0, 0.05) is 19.3 Å². The predicted molar refractivity (Wildman–Crippen MR) is 250 cm³/mol. The second-order valence-electron chi connectivity index (χ2n) is 18.1. The van der Waals surface area contributed by atoms with Gasteiger partial charge in [0.2, 0.25) is 0 Å². The molecule has 0 saturated carbocycles. The van der Waals surface area contributed by atoms with Crippen LogP contribution in [0.25, 0.3) is 0 Å². The fourth-order valence-corrected chi connectivity index (χ4v) is 7.48. The number of quaternary nitrogens is 1. The van der Waals surface area contributed by atoms with Gasteiger partial charge in [-0.1, -0.05) is 211 Å². The van der Waals surface area contributed by atoms with Gasteiger partial charge in [0.1, 0.15) is 12.6 Å². The molecular formula is C52H95NO7. The van der Waals surface area contributed by atoms with Gasteiger partial charge in [-0.15, -0.1) is 0 Å². The van der Waals surface area contributed by atoms with Crippen molar-refractivity contribution in [1.29, 1.82) is 0 Å². The molecule has 0 radical (unpaired) electrons. The Balaban J connectivity index is 4.22. The number of carbonyl (C=O) groups is 3.